The van der Waals surface area contributed by atoms with Crippen LogP contribution in [-0.2, 0) is 4.74 Å². The predicted molar refractivity (Wildman–Crippen MR) is 96.2 cm³/mol. The second-order valence-corrected chi connectivity index (χ2v) is 6.53. The normalized spacial score (nSPS) is 10.8. The van der Waals surface area contributed by atoms with Crippen molar-refractivity contribution in [3.63, 3.8) is 0 Å². The third-order valence-corrected chi connectivity index (χ3v) is 4.96. The number of fused-ring (bicyclic) bond motifs is 1. The Bertz CT molecular complexity index is 960. The lowest BCUT2D eigenvalue weighted by Crippen LogP contribution is -2.07. The van der Waals surface area contributed by atoms with E-state index in [2.05, 4.69) is 15.2 Å². The zero-order chi connectivity index (χ0) is 18.0. The van der Waals surface area contributed by atoms with Crippen molar-refractivity contribution in [2.24, 2.45) is 0 Å². The van der Waals surface area contributed by atoms with Crippen LogP contribution in [0.15, 0.2) is 35.5 Å². The molecule has 7 heteroatoms. The summed E-state index contributed by atoms with van der Waals surface area (Å²) in [5, 5.41) is 10.8. The first-order valence-corrected chi connectivity index (χ1v) is 8.65. The number of ether oxygens (including phenoxy) is 1. The third-order valence-electron chi connectivity index (χ3n) is 3.98. The highest BCUT2D eigenvalue weighted by atomic mass is 32.2. The van der Waals surface area contributed by atoms with Crippen LogP contribution in [0, 0.1) is 13.8 Å². The summed E-state index contributed by atoms with van der Waals surface area (Å²) >= 11 is 1.33. The maximum absolute atomic E-state index is 12.6. The Hall–Kier alpha value is -2.67. The van der Waals surface area contributed by atoms with Crippen LogP contribution in [0.2, 0.25) is 0 Å². The minimum atomic E-state index is -0.446. The standard InChI is InChI=1S/C18H17N3O3S/c1-10-15(18(23)24-3)11(2)20-16(10)14(22)9-25-17-13-7-5-4-6-12(13)8-19-21-17/h4-8,20H,9H2,1-3H3. The molecule has 1 aromatic carbocycles. The van der Waals surface area contributed by atoms with Crippen LogP contribution in [0.25, 0.3) is 10.8 Å². The Kier molecular flexibility index (Phi) is 4.85. The first kappa shape index (κ1) is 17.2. The quantitative estimate of drug-likeness (QED) is 0.429. The number of methoxy groups -OCH3 is 1. The highest BCUT2D eigenvalue weighted by Crippen LogP contribution is 2.26. The van der Waals surface area contributed by atoms with Gasteiger partial charge in [0.25, 0.3) is 0 Å². The molecule has 1 N–H and O–H groups in total. The van der Waals surface area contributed by atoms with Gasteiger partial charge >= 0.3 is 5.97 Å². The topological polar surface area (TPSA) is 84.9 Å². The molecule has 2 heterocycles. The molecule has 0 saturated carbocycles. The number of aryl methyl sites for hydroxylation is 1. The molecule has 0 aliphatic rings. The van der Waals surface area contributed by atoms with E-state index >= 15 is 0 Å². The van der Waals surface area contributed by atoms with Gasteiger partial charge in [0.1, 0.15) is 5.03 Å². The fourth-order valence-electron chi connectivity index (χ4n) is 2.75. The lowest BCUT2D eigenvalue weighted by molar-refractivity contribution is 0.0599. The Morgan fingerprint density at radius 1 is 1.24 bits per heavy atom. The number of nitrogens with zero attached hydrogens (tertiary/aromatic N) is 2. The highest BCUT2D eigenvalue weighted by molar-refractivity contribution is 8.00. The molecule has 6 nitrogen and oxygen atoms in total. The van der Waals surface area contributed by atoms with Gasteiger partial charge < -0.3 is 9.72 Å². The molecule has 0 aliphatic carbocycles. The van der Waals surface area contributed by atoms with Gasteiger partial charge in [0.05, 0.1) is 30.3 Å². The average Bonchev–Trinajstić information content (AvgIpc) is 2.93. The molecule has 128 valence electrons. The van der Waals surface area contributed by atoms with Crippen molar-refractivity contribution < 1.29 is 14.3 Å². The maximum Gasteiger partial charge on any atom is 0.339 e. The first-order chi connectivity index (χ1) is 12.0. The van der Waals surface area contributed by atoms with Gasteiger partial charge in [0, 0.05) is 16.5 Å². The lowest BCUT2D eigenvalue weighted by Gasteiger charge is -2.04. The molecule has 0 unspecified atom stereocenters. The largest absolute Gasteiger partial charge is 0.465 e. The molecule has 3 rings (SSSR count). The minimum absolute atomic E-state index is 0.101. The molecule has 3 aromatic rings. The highest BCUT2D eigenvalue weighted by Gasteiger charge is 2.22. The molecule has 0 amide bonds. The number of hydrogen-bond donors (Lipinski definition) is 1. The van der Waals surface area contributed by atoms with Crippen LogP contribution in [0.4, 0.5) is 0 Å². The molecule has 0 atom stereocenters. The minimum Gasteiger partial charge on any atom is -0.465 e. The van der Waals surface area contributed by atoms with Crippen LogP contribution in [0.3, 0.4) is 0 Å². The van der Waals surface area contributed by atoms with Crippen LogP contribution in [0.1, 0.15) is 32.1 Å². The summed E-state index contributed by atoms with van der Waals surface area (Å²) in [5.41, 5.74) is 2.08. The fourth-order valence-corrected chi connectivity index (χ4v) is 3.61. The van der Waals surface area contributed by atoms with Crippen molar-refractivity contribution >= 4 is 34.3 Å². The molecule has 0 spiro atoms. The lowest BCUT2D eigenvalue weighted by atomic mass is 10.1. The van der Waals surface area contributed by atoms with E-state index in [0.29, 0.717) is 27.5 Å². The van der Waals surface area contributed by atoms with Gasteiger partial charge in [-0.1, -0.05) is 36.0 Å². The number of thioether (sulfide) groups is 1. The molecule has 0 bridgehead atoms. The average molecular weight is 355 g/mol. The second kappa shape index (κ2) is 7.06. The van der Waals surface area contributed by atoms with Gasteiger partial charge in [-0.05, 0) is 19.4 Å². The number of ketones is 1. The van der Waals surface area contributed by atoms with Crippen molar-refractivity contribution in [1.29, 1.82) is 0 Å². The Labute approximate surface area is 149 Å². The van der Waals surface area contributed by atoms with Crippen molar-refractivity contribution in [2.75, 3.05) is 12.9 Å². The summed E-state index contributed by atoms with van der Waals surface area (Å²) in [5.74, 6) is -0.349. The summed E-state index contributed by atoms with van der Waals surface area (Å²) in [6, 6.07) is 7.77. The summed E-state index contributed by atoms with van der Waals surface area (Å²) in [7, 11) is 1.32. The molecule has 0 aliphatic heterocycles. The fraction of sp³-hybridized carbons (Fsp3) is 0.222. The van der Waals surface area contributed by atoms with Gasteiger partial charge in [-0.3, -0.25) is 4.79 Å². The van der Waals surface area contributed by atoms with E-state index in [-0.39, 0.29) is 11.5 Å². The third kappa shape index (κ3) is 3.28. The SMILES string of the molecule is COC(=O)c1c(C)[nH]c(C(=O)CSc2nncc3ccccc23)c1C. The Balaban J connectivity index is 1.82. The van der Waals surface area contributed by atoms with Gasteiger partial charge in [0.15, 0.2) is 5.78 Å². The summed E-state index contributed by atoms with van der Waals surface area (Å²) < 4.78 is 4.77. The van der Waals surface area contributed by atoms with Crippen molar-refractivity contribution in [3.8, 4) is 0 Å². The van der Waals surface area contributed by atoms with Crippen molar-refractivity contribution in [2.45, 2.75) is 18.9 Å². The number of aromatic nitrogens is 3. The zero-order valence-electron chi connectivity index (χ0n) is 14.1. The van der Waals surface area contributed by atoms with E-state index in [9.17, 15) is 9.59 Å². The van der Waals surface area contributed by atoms with Gasteiger partial charge in [-0.25, -0.2) is 4.79 Å². The molecule has 2 aromatic heterocycles. The van der Waals surface area contributed by atoms with E-state index in [1.54, 1.807) is 20.0 Å². The van der Waals surface area contributed by atoms with Gasteiger partial charge in [0.2, 0.25) is 0 Å². The molecule has 25 heavy (non-hydrogen) atoms. The number of carbonyl (C=O) groups excluding carboxylic acids is 2. The first-order valence-electron chi connectivity index (χ1n) is 7.66. The number of carbonyl (C=O) groups is 2. The molecule has 0 radical (unpaired) electrons. The van der Waals surface area contributed by atoms with E-state index < -0.39 is 5.97 Å². The van der Waals surface area contributed by atoms with Crippen LogP contribution < -0.4 is 0 Å². The number of hydrogen-bond acceptors (Lipinski definition) is 6. The summed E-state index contributed by atoms with van der Waals surface area (Å²) in [6.07, 6.45) is 1.70. The van der Waals surface area contributed by atoms with Gasteiger partial charge in [-0.2, -0.15) is 5.10 Å². The summed E-state index contributed by atoms with van der Waals surface area (Å²) in [6.45, 7) is 3.49. The van der Waals surface area contributed by atoms with Crippen LogP contribution >= 0.6 is 11.8 Å². The number of esters is 1. The number of nitrogens with one attached hydrogen (secondary N) is 1. The van der Waals surface area contributed by atoms with Crippen molar-refractivity contribution in [3.05, 3.63) is 53.0 Å². The van der Waals surface area contributed by atoms with Crippen molar-refractivity contribution in [1.82, 2.24) is 15.2 Å². The smallest absolute Gasteiger partial charge is 0.339 e. The monoisotopic (exact) mass is 355 g/mol. The molecular formula is C18H17N3O3S. The van der Waals surface area contributed by atoms with E-state index in [1.165, 1.54) is 18.9 Å². The second-order valence-electron chi connectivity index (χ2n) is 5.57. The number of H-pyrrole nitrogens is 1. The maximum atomic E-state index is 12.6. The number of rotatable bonds is 5. The zero-order valence-corrected chi connectivity index (χ0v) is 14.9. The Morgan fingerprint density at radius 3 is 2.76 bits per heavy atom. The molecule has 0 fully saturated rings. The van der Waals surface area contributed by atoms with Crippen LogP contribution in [-0.4, -0.2) is 39.8 Å². The number of benzene rings is 1. The Morgan fingerprint density at radius 2 is 2.00 bits per heavy atom. The number of aromatic amines is 1. The predicted octanol–water partition coefficient (Wildman–Crippen LogP) is 3.34. The molecular weight excluding hydrogens is 338 g/mol. The van der Waals surface area contributed by atoms with Gasteiger partial charge in [-0.15, -0.1) is 5.10 Å². The summed E-state index contributed by atoms with van der Waals surface area (Å²) in [4.78, 5) is 27.4. The molecule has 0 saturated heterocycles. The van der Waals surface area contributed by atoms with E-state index in [0.717, 1.165) is 10.8 Å². The van der Waals surface area contributed by atoms with E-state index in [4.69, 9.17) is 4.74 Å². The number of Topliss-reactive ketones (excluding diaryl/α,β-unsaturated/α-hetero) is 1. The van der Waals surface area contributed by atoms with Crippen LogP contribution in [0.5, 0.6) is 0 Å². The van der Waals surface area contributed by atoms with E-state index in [1.807, 2.05) is 24.3 Å².